The molecule has 142 valence electrons. The summed E-state index contributed by atoms with van der Waals surface area (Å²) in [6.45, 7) is 7.39. The monoisotopic (exact) mass is 390 g/mol. The minimum absolute atomic E-state index is 0.555. The van der Waals surface area contributed by atoms with Crippen LogP contribution in [-0.4, -0.2) is 16.2 Å². The molecule has 3 nitrogen and oxygen atoms in total. The first-order chi connectivity index (χ1) is 13.5. The highest BCUT2D eigenvalue weighted by atomic mass is 35.5. The molecule has 1 heterocycles. The zero-order valence-electron chi connectivity index (χ0n) is 16.4. The van der Waals surface area contributed by atoms with E-state index in [1.807, 2.05) is 32.0 Å². The number of hydrogen-bond donors (Lipinski definition) is 0. The Morgan fingerprint density at radius 1 is 0.893 bits per heavy atom. The SMILES string of the molecule is Cc1ccccc1-c1nc2ccccc2n1CCOc1cc(C)c(Cl)c(C)c1. The van der Waals surface area contributed by atoms with Gasteiger partial charge in [0.1, 0.15) is 18.2 Å². The predicted molar refractivity (Wildman–Crippen MR) is 116 cm³/mol. The van der Waals surface area contributed by atoms with Crippen molar-refractivity contribution in [3.63, 3.8) is 0 Å². The van der Waals surface area contributed by atoms with E-state index in [2.05, 4.69) is 54.0 Å². The van der Waals surface area contributed by atoms with E-state index in [9.17, 15) is 0 Å². The summed E-state index contributed by atoms with van der Waals surface area (Å²) in [6.07, 6.45) is 0. The van der Waals surface area contributed by atoms with Crippen molar-refractivity contribution in [3.05, 3.63) is 82.4 Å². The maximum atomic E-state index is 6.27. The lowest BCUT2D eigenvalue weighted by Crippen LogP contribution is -2.10. The predicted octanol–water partition coefficient (Wildman–Crippen LogP) is 6.36. The summed E-state index contributed by atoms with van der Waals surface area (Å²) in [5.74, 6) is 1.83. The fourth-order valence-electron chi connectivity index (χ4n) is 3.58. The molecular formula is C24H23ClN2O. The van der Waals surface area contributed by atoms with Gasteiger partial charge in [-0.3, -0.25) is 0 Å². The van der Waals surface area contributed by atoms with Crippen molar-refractivity contribution in [2.75, 3.05) is 6.61 Å². The summed E-state index contributed by atoms with van der Waals surface area (Å²) in [5, 5.41) is 0.801. The molecule has 0 saturated carbocycles. The summed E-state index contributed by atoms with van der Waals surface area (Å²) in [7, 11) is 0. The summed E-state index contributed by atoms with van der Waals surface area (Å²) < 4.78 is 8.30. The lowest BCUT2D eigenvalue weighted by Gasteiger charge is -2.13. The molecule has 0 spiro atoms. The van der Waals surface area contributed by atoms with E-state index in [0.29, 0.717) is 13.2 Å². The highest BCUT2D eigenvalue weighted by Gasteiger charge is 2.14. The molecule has 1 aromatic heterocycles. The molecule has 0 aliphatic rings. The Morgan fingerprint density at radius 3 is 2.32 bits per heavy atom. The molecule has 0 radical (unpaired) electrons. The van der Waals surface area contributed by atoms with Gasteiger partial charge in [-0.05, 0) is 61.7 Å². The second-order valence-electron chi connectivity index (χ2n) is 7.11. The molecule has 0 aliphatic heterocycles. The van der Waals surface area contributed by atoms with E-state index in [4.69, 9.17) is 21.3 Å². The van der Waals surface area contributed by atoms with E-state index in [1.165, 1.54) is 5.56 Å². The first-order valence-electron chi connectivity index (χ1n) is 9.45. The fraction of sp³-hybridized carbons (Fsp3) is 0.208. The minimum Gasteiger partial charge on any atom is -0.492 e. The normalized spacial score (nSPS) is 11.1. The third-order valence-electron chi connectivity index (χ3n) is 5.03. The Morgan fingerprint density at radius 2 is 1.57 bits per heavy atom. The van der Waals surface area contributed by atoms with Crippen LogP contribution >= 0.6 is 11.6 Å². The number of ether oxygens (including phenoxy) is 1. The van der Waals surface area contributed by atoms with Gasteiger partial charge in [0.15, 0.2) is 0 Å². The Balaban J connectivity index is 1.65. The first kappa shape index (κ1) is 18.6. The van der Waals surface area contributed by atoms with Gasteiger partial charge in [-0.25, -0.2) is 4.98 Å². The number of benzene rings is 3. The summed E-state index contributed by atoms with van der Waals surface area (Å²) in [5.41, 5.74) is 6.54. The van der Waals surface area contributed by atoms with E-state index in [-0.39, 0.29) is 0 Å². The third kappa shape index (κ3) is 3.50. The molecule has 4 heteroatoms. The van der Waals surface area contributed by atoms with Crippen LogP contribution in [-0.2, 0) is 6.54 Å². The number of aromatic nitrogens is 2. The maximum Gasteiger partial charge on any atom is 0.141 e. The van der Waals surface area contributed by atoms with Crippen molar-refractivity contribution in [1.29, 1.82) is 0 Å². The van der Waals surface area contributed by atoms with E-state index in [1.54, 1.807) is 0 Å². The van der Waals surface area contributed by atoms with E-state index in [0.717, 1.165) is 44.3 Å². The van der Waals surface area contributed by atoms with Crippen molar-refractivity contribution in [1.82, 2.24) is 9.55 Å². The molecule has 4 aromatic rings. The quantitative estimate of drug-likeness (QED) is 0.396. The van der Waals surface area contributed by atoms with Crippen LogP contribution in [0.5, 0.6) is 5.75 Å². The molecule has 0 N–H and O–H groups in total. The van der Waals surface area contributed by atoms with Crippen molar-refractivity contribution < 1.29 is 4.74 Å². The molecule has 0 fully saturated rings. The van der Waals surface area contributed by atoms with Crippen molar-refractivity contribution in [3.8, 4) is 17.1 Å². The maximum absolute atomic E-state index is 6.27. The smallest absolute Gasteiger partial charge is 0.141 e. The van der Waals surface area contributed by atoms with E-state index < -0.39 is 0 Å². The van der Waals surface area contributed by atoms with Crippen LogP contribution in [0.4, 0.5) is 0 Å². The van der Waals surface area contributed by atoms with Crippen LogP contribution in [0.25, 0.3) is 22.4 Å². The van der Waals surface area contributed by atoms with E-state index >= 15 is 0 Å². The molecular weight excluding hydrogens is 368 g/mol. The van der Waals surface area contributed by atoms with Gasteiger partial charge < -0.3 is 9.30 Å². The van der Waals surface area contributed by atoms with Gasteiger partial charge in [0, 0.05) is 10.6 Å². The number of imidazole rings is 1. The number of rotatable bonds is 5. The minimum atomic E-state index is 0.555. The third-order valence-corrected chi connectivity index (χ3v) is 5.63. The highest BCUT2D eigenvalue weighted by Crippen LogP contribution is 2.28. The van der Waals surface area contributed by atoms with Gasteiger partial charge in [-0.1, -0.05) is 48.0 Å². The van der Waals surface area contributed by atoms with Crippen LogP contribution in [0.1, 0.15) is 16.7 Å². The second-order valence-corrected chi connectivity index (χ2v) is 7.49. The van der Waals surface area contributed by atoms with Crippen LogP contribution in [0, 0.1) is 20.8 Å². The Kier molecular flexibility index (Phi) is 5.10. The number of nitrogens with zero attached hydrogens (tertiary/aromatic N) is 2. The first-order valence-corrected chi connectivity index (χ1v) is 9.83. The average molecular weight is 391 g/mol. The van der Waals surface area contributed by atoms with Gasteiger partial charge >= 0.3 is 0 Å². The van der Waals surface area contributed by atoms with Crippen molar-refractivity contribution >= 4 is 22.6 Å². The summed E-state index contributed by atoms with van der Waals surface area (Å²) >= 11 is 6.27. The lowest BCUT2D eigenvalue weighted by molar-refractivity contribution is 0.300. The molecule has 0 saturated heterocycles. The molecule has 4 rings (SSSR count). The fourth-order valence-corrected chi connectivity index (χ4v) is 3.68. The molecule has 3 aromatic carbocycles. The average Bonchev–Trinajstić information content (AvgIpc) is 3.05. The van der Waals surface area contributed by atoms with Gasteiger partial charge in [-0.2, -0.15) is 0 Å². The summed E-state index contributed by atoms with van der Waals surface area (Å²) in [6, 6.07) is 20.6. The topological polar surface area (TPSA) is 27.1 Å². The largest absolute Gasteiger partial charge is 0.492 e. The standard InChI is InChI=1S/C24H23ClN2O/c1-16-8-4-5-9-20(16)24-26-21-10-6-7-11-22(21)27(24)12-13-28-19-14-17(2)23(25)18(3)15-19/h4-11,14-15H,12-13H2,1-3H3. The number of hydrogen-bond acceptors (Lipinski definition) is 2. The number of fused-ring (bicyclic) bond motifs is 1. The molecule has 0 amide bonds. The number of aryl methyl sites for hydroxylation is 3. The molecule has 0 unspecified atom stereocenters. The Bertz CT molecular complexity index is 1120. The molecule has 28 heavy (non-hydrogen) atoms. The van der Waals surface area contributed by atoms with Gasteiger partial charge in [0.2, 0.25) is 0 Å². The van der Waals surface area contributed by atoms with Crippen LogP contribution in [0.15, 0.2) is 60.7 Å². The zero-order valence-corrected chi connectivity index (χ0v) is 17.1. The van der Waals surface area contributed by atoms with Gasteiger partial charge in [0.05, 0.1) is 17.6 Å². The molecule has 0 atom stereocenters. The van der Waals surface area contributed by atoms with Crippen LogP contribution in [0.3, 0.4) is 0 Å². The molecule has 0 aliphatic carbocycles. The number of para-hydroxylation sites is 2. The number of halogens is 1. The molecule has 0 bridgehead atoms. The van der Waals surface area contributed by atoms with Crippen molar-refractivity contribution in [2.24, 2.45) is 0 Å². The zero-order chi connectivity index (χ0) is 19.7. The van der Waals surface area contributed by atoms with Gasteiger partial charge in [0.25, 0.3) is 0 Å². The Hall–Kier alpha value is -2.78. The Labute approximate surface area is 170 Å². The van der Waals surface area contributed by atoms with Gasteiger partial charge in [-0.15, -0.1) is 0 Å². The lowest BCUT2D eigenvalue weighted by atomic mass is 10.1. The summed E-state index contributed by atoms with van der Waals surface area (Å²) in [4.78, 5) is 4.90. The van der Waals surface area contributed by atoms with Crippen LogP contribution in [0.2, 0.25) is 5.02 Å². The highest BCUT2D eigenvalue weighted by molar-refractivity contribution is 6.32. The van der Waals surface area contributed by atoms with Crippen molar-refractivity contribution in [2.45, 2.75) is 27.3 Å². The second kappa shape index (κ2) is 7.69. The van der Waals surface area contributed by atoms with Crippen LogP contribution < -0.4 is 4.74 Å².